The fraction of sp³-hybridized carbons (Fsp3) is 0.333. The Balaban J connectivity index is 1.91. The van der Waals surface area contributed by atoms with Gasteiger partial charge in [0.2, 0.25) is 5.75 Å². The lowest BCUT2D eigenvalue weighted by atomic mass is 10.1. The topological polar surface area (TPSA) is 80.3 Å². The SMILES string of the molecule is CCC(=O)c1ccc(OCC(=O)OCc2cc(OC)c(OC)c(OC)c2)cc1. The van der Waals surface area contributed by atoms with Crippen molar-refractivity contribution in [2.45, 2.75) is 20.0 Å². The standard InChI is InChI=1S/C21H24O7/c1-5-17(22)15-6-8-16(9-7-15)27-13-20(23)28-12-14-10-18(24-2)21(26-4)19(11-14)25-3/h6-11H,5,12-13H2,1-4H3. The Morgan fingerprint density at radius 1 is 0.893 bits per heavy atom. The first-order valence-corrected chi connectivity index (χ1v) is 8.72. The van der Waals surface area contributed by atoms with E-state index in [2.05, 4.69) is 0 Å². The van der Waals surface area contributed by atoms with Crippen molar-refractivity contribution in [3.63, 3.8) is 0 Å². The molecule has 0 aliphatic heterocycles. The summed E-state index contributed by atoms with van der Waals surface area (Å²) in [5, 5.41) is 0. The molecule has 0 spiro atoms. The van der Waals surface area contributed by atoms with E-state index in [0.29, 0.717) is 40.5 Å². The van der Waals surface area contributed by atoms with Gasteiger partial charge in [-0.15, -0.1) is 0 Å². The fourth-order valence-corrected chi connectivity index (χ4v) is 2.51. The first-order valence-electron chi connectivity index (χ1n) is 8.72. The summed E-state index contributed by atoms with van der Waals surface area (Å²) in [7, 11) is 4.54. The number of ketones is 1. The Morgan fingerprint density at radius 3 is 2.00 bits per heavy atom. The Bertz CT molecular complexity index is 787. The van der Waals surface area contributed by atoms with Gasteiger partial charge in [0.15, 0.2) is 23.9 Å². The van der Waals surface area contributed by atoms with Crippen molar-refractivity contribution in [1.29, 1.82) is 0 Å². The molecule has 0 aliphatic carbocycles. The minimum Gasteiger partial charge on any atom is -0.493 e. The van der Waals surface area contributed by atoms with Gasteiger partial charge >= 0.3 is 5.97 Å². The van der Waals surface area contributed by atoms with Crippen molar-refractivity contribution in [1.82, 2.24) is 0 Å². The van der Waals surface area contributed by atoms with Crippen molar-refractivity contribution < 1.29 is 33.3 Å². The number of hydrogen-bond acceptors (Lipinski definition) is 7. The van der Waals surface area contributed by atoms with E-state index >= 15 is 0 Å². The van der Waals surface area contributed by atoms with Gasteiger partial charge in [0.1, 0.15) is 12.4 Å². The van der Waals surface area contributed by atoms with Crippen molar-refractivity contribution in [2.75, 3.05) is 27.9 Å². The largest absolute Gasteiger partial charge is 0.493 e. The minimum absolute atomic E-state index is 0.0306. The van der Waals surface area contributed by atoms with Gasteiger partial charge in [-0.2, -0.15) is 0 Å². The second kappa shape index (κ2) is 10.2. The number of Topliss-reactive ketones (excluding diaryl/α,β-unsaturated/α-hetero) is 1. The van der Waals surface area contributed by atoms with Crippen LogP contribution < -0.4 is 18.9 Å². The van der Waals surface area contributed by atoms with E-state index in [9.17, 15) is 9.59 Å². The van der Waals surface area contributed by atoms with Crippen molar-refractivity contribution in [2.24, 2.45) is 0 Å². The number of hydrogen-bond donors (Lipinski definition) is 0. The molecule has 0 aromatic heterocycles. The zero-order chi connectivity index (χ0) is 20.5. The summed E-state index contributed by atoms with van der Waals surface area (Å²) in [6, 6.07) is 10.0. The molecule has 0 radical (unpaired) electrons. The summed E-state index contributed by atoms with van der Waals surface area (Å²) in [5.74, 6) is 1.43. The van der Waals surface area contributed by atoms with E-state index in [1.54, 1.807) is 43.3 Å². The molecule has 0 bridgehead atoms. The number of carbonyl (C=O) groups excluding carboxylic acids is 2. The quantitative estimate of drug-likeness (QED) is 0.456. The molecular weight excluding hydrogens is 364 g/mol. The van der Waals surface area contributed by atoms with Crippen LogP contribution in [0, 0.1) is 0 Å². The molecule has 0 fully saturated rings. The number of rotatable bonds is 10. The maximum absolute atomic E-state index is 12.0. The highest BCUT2D eigenvalue weighted by molar-refractivity contribution is 5.95. The molecule has 0 N–H and O–H groups in total. The average molecular weight is 388 g/mol. The lowest BCUT2D eigenvalue weighted by molar-refractivity contribution is -0.147. The zero-order valence-corrected chi connectivity index (χ0v) is 16.4. The van der Waals surface area contributed by atoms with E-state index in [0.717, 1.165) is 0 Å². The summed E-state index contributed by atoms with van der Waals surface area (Å²) >= 11 is 0. The van der Waals surface area contributed by atoms with Crippen molar-refractivity contribution in [3.05, 3.63) is 47.5 Å². The van der Waals surface area contributed by atoms with Crippen molar-refractivity contribution in [3.8, 4) is 23.0 Å². The molecule has 0 unspecified atom stereocenters. The summed E-state index contributed by atoms with van der Waals surface area (Å²) in [6.45, 7) is 1.59. The summed E-state index contributed by atoms with van der Waals surface area (Å²) in [4.78, 5) is 23.6. The van der Waals surface area contributed by atoms with Crippen LogP contribution >= 0.6 is 0 Å². The Labute approximate surface area is 164 Å². The molecule has 0 heterocycles. The first-order chi connectivity index (χ1) is 13.5. The predicted molar refractivity (Wildman–Crippen MR) is 102 cm³/mol. The molecule has 0 saturated carbocycles. The number of methoxy groups -OCH3 is 3. The molecule has 0 aliphatic rings. The number of esters is 1. The van der Waals surface area contributed by atoms with Crippen LogP contribution in [0.25, 0.3) is 0 Å². The maximum atomic E-state index is 12.0. The van der Waals surface area contributed by atoms with Crippen LogP contribution in [0.5, 0.6) is 23.0 Å². The number of benzene rings is 2. The molecule has 7 heteroatoms. The van der Waals surface area contributed by atoms with Crippen molar-refractivity contribution >= 4 is 11.8 Å². The Morgan fingerprint density at radius 2 is 1.50 bits per heavy atom. The van der Waals surface area contributed by atoms with Gasteiger partial charge in [-0.1, -0.05) is 6.92 Å². The van der Waals surface area contributed by atoms with Gasteiger partial charge in [-0.25, -0.2) is 4.79 Å². The van der Waals surface area contributed by atoms with Gasteiger partial charge in [0, 0.05) is 12.0 Å². The summed E-state index contributed by atoms with van der Waals surface area (Å²) in [5.41, 5.74) is 1.30. The molecule has 2 aromatic rings. The average Bonchev–Trinajstić information content (AvgIpc) is 2.74. The van der Waals surface area contributed by atoms with E-state index in [-0.39, 0.29) is 19.0 Å². The van der Waals surface area contributed by atoms with Gasteiger partial charge in [0.25, 0.3) is 0 Å². The lowest BCUT2D eigenvalue weighted by Gasteiger charge is -2.14. The van der Waals surface area contributed by atoms with Crippen LogP contribution in [0.15, 0.2) is 36.4 Å². The first kappa shape index (κ1) is 21.1. The van der Waals surface area contributed by atoms with Crippen LogP contribution in [0.3, 0.4) is 0 Å². The smallest absolute Gasteiger partial charge is 0.344 e. The normalized spacial score (nSPS) is 10.1. The third kappa shape index (κ3) is 5.39. The molecule has 0 amide bonds. The summed E-state index contributed by atoms with van der Waals surface area (Å²) < 4.78 is 26.4. The molecular formula is C21H24O7. The minimum atomic E-state index is -0.525. The monoisotopic (exact) mass is 388 g/mol. The zero-order valence-electron chi connectivity index (χ0n) is 16.4. The van der Waals surface area contributed by atoms with E-state index < -0.39 is 5.97 Å². The highest BCUT2D eigenvalue weighted by atomic mass is 16.6. The van der Waals surface area contributed by atoms with Crippen LogP contribution in [-0.2, 0) is 16.1 Å². The Kier molecular flexibility index (Phi) is 7.68. The molecule has 150 valence electrons. The molecule has 2 aromatic carbocycles. The molecule has 0 atom stereocenters. The molecule has 7 nitrogen and oxygen atoms in total. The van der Waals surface area contributed by atoms with Crippen LogP contribution in [0.2, 0.25) is 0 Å². The maximum Gasteiger partial charge on any atom is 0.344 e. The summed E-state index contributed by atoms with van der Waals surface area (Å²) in [6.07, 6.45) is 0.438. The van der Waals surface area contributed by atoms with Crippen LogP contribution in [0.1, 0.15) is 29.3 Å². The molecule has 0 saturated heterocycles. The van der Waals surface area contributed by atoms with Gasteiger partial charge in [-0.3, -0.25) is 4.79 Å². The van der Waals surface area contributed by atoms with Crippen LogP contribution in [-0.4, -0.2) is 39.7 Å². The van der Waals surface area contributed by atoms with Gasteiger partial charge in [0.05, 0.1) is 21.3 Å². The highest BCUT2D eigenvalue weighted by Gasteiger charge is 2.14. The number of carbonyl (C=O) groups is 2. The lowest BCUT2D eigenvalue weighted by Crippen LogP contribution is -2.15. The molecule has 28 heavy (non-hydrogen) atoms. The van der Waals surface area contributed by atoms with Gasteiger partial charge in [-0.05, 0) is 42.0 Å². The Hall–Kier alpha value is -3.22. The van der Waals surface area contributed by atoms with Gasteiger partial charge < -0.3 is 23.7 Å². The third-order valence-electron chi connectivity index (χ3n) is 3.98. The highest BCUT2D eigenvalue weighted by Crippen LogP contribution is 2.38. The van der Waals surface area contributed by atoms with E-state index in [1.165, 1.54) is 21.3 Å². The second-order valence-corrected chi connectivity index (χ2v) is 5.78. The van der Waals surface area contributed by atoms with E-state index in [4.69, 9.17) is 23.7 Å². The second-order valence-electron chi connectivity index (χ2n) is 5.78. The number of ether oxygens (including phenoxy) is 5. The fourth-order valence-electron chi connectivity index (χ4n) is 2.51. The van der Waals surface area contributed by atoms with Crippen LogP contribution in [0.4, 0.5) is 0 Å². The molecule has 2 rings (SSSR count). The van der Waals surface area contributed by atoms with E-state index in [1.807, 2.05) is 0 Å². The predicted octanol–water partition coefficient (Wildman–Crippen LogP) is 3.43. The third-order valence-corrected chi connectivity index (χ3v) is 3.98.